The average Bonchev–Trinajstić information content (AvgIpc) is 3.13. The zero-order valence-corrected chi connectivity index (χ0v) is 27.5. The van der Waals surface area contributed by atoms with Crippen LogP contribution in [0.2, 0.25) is 0 Å². The van der Waals surface area contributed by atoms with Gasteiger partial charge in [0.1, 0.15) is 70.4 Å². The van der Waals surface area contributed by atoms with Gasteiger partial charge in [-0.3, -0.25) is 4.79 Å². The fourth-order valence-electron chi connectivity index (χ4n) is 5.36. The van der Waals surface area contributed by atoms with Crippen molar-refractivity contribution >= 4 is 35.1 Å². The highest BCUT2D eigenvalue weighted by molar-refractivity contribution is 5.88. The van der Waals surface area contributed by atoms with Gasteiger partial charge in [-0.05, 0) is 71.8 Å². The van der Waals surface area contributed by atoms with Crippen molar-refractivity contribution in [3.8, 4) is 40.1 Å². The number of aliphatic hydroxyl groups is 2. The fourth-order valence-corrected chi connectivity index (χ4v) is 5.36. The van der Waals surface area contributed by atoms with Crippen LogP contribution < -0.4 is 10.2 Å². The summed E-state index contributed by atoms with van der Waals surface area (Å²) in [7, 11) is 0. The topological polar surface area (TPSA) is 223 Å². The number of phenolic OH excluding ortho intramolecular Hbond substituents is 4. The number of phenols is 4. The van der Waals surface area contributed by atoms with Crippen LogP contribution in [0.3, 0.4) is 0 Å². The van der Waals surface area contributed by atoms with Gasteiger partial charge in [0.2, 0.25) is 6.29 Å². The van der Waals surface area contributed by atoms with Gasteiger partial charge in [0, 0.05) is 35.9 Å². The molecule has 0 bridgehead atoms. The Hall–Kier alpha value is -6.61. The van der Waals surface area contributed by atoms with E-state index in [1.807, 2.05) is 0 Å². The Labute approximate surface area is 300 Å². The molecule has 4 aromatic carbocycles. The van der Waals surface area contributed by atoms with Crippen LogP contribution in [0.25, 0.3) is 34.4 Å². The monoisotopic (exact) mass is 724 g/mol. The normalized spacial score (nSPS) is 20.1. The lowest BCUT2D eigenvalue weighted by atomic mass is 9.99. The van der Waals surface area contributed by atoms with Crippen LogP contribution >= 0.6 is 0 Å². The van der Waals surface area contributed by atoms with Crippen LogP contribution in [0.4, 0.5) is 0 Å². The van der Waals surface area contributed by atoms with Crippen LogP contribution in [-0.4, -0.2) is 79.9 Å². The van der Waals surface area contributed by atoms with Crippen molar-refractivity contribution < 1.29 is 63.6 Å². The van der Waals surface area contributed by atoms with E-state index in [0.29, 0.717) is 16.7 Å². The second kappa shape index (κ2) is 15.7. The Morgan fingerprint density at radius 2 is 1.28 bits per heavy atom. The summed E-state index contributed by atoms with van der Waals surface area (Å²) >= 11 is 0. The van der Waals surface area contributed by atoms with Gasteiger partial charge in [-0.2, -0.15) is 0 Å². The fraction of sp³-hybridized carbons (Fsp3) is 0.154. The summed E-state index contributed by atoms with van der Waals surface area (Å²) in [6.07, 6.45) is -3.41. The van der Waals surface area contributed by atoms with Crippen LogP contribution in [0.5, 0.6) is 28.7 Å². The predicted molar refractivity (Wildman–Crippen MR) is 188 cm³/mol. The number of carbonyl (C=O) groups is 2. The highest BCUT2D eigenvalue weighted by atomic mass is 16.7. The zero-order valence-electron chi connectivity index (χ0n) is 27.5. The summed E-state index contributed by atoms with van der Waals surface area (Å²) in [5, 5.41) is 61.4. The molecular weight excluding hydrogens is 692 g/mol. The minimum Gasteiger partial charge on any atom is -0.508 e. The molecule has 1 saturated heterocycles. The van der Waals surface area contributed by atoms with Crippen molar-refractivity contribution in [3.63, 3.8) is 0 Å². The summed E-state index contributed by atoms with van der Waals surface area (Å²) in [4.78, 5) is 38.4. The third-order valence-electron chi connectivity index (χ3n) is 8.08. The molecule has 0 unspecified atom stereocenters. The molecule has 1 aromatic heterocycles. The Bertz CT molecular complexity index is 2200. The third kappa shape index (κ3) is 8.83. The first-order valence-corrected chi connectivity index (χ1v) is 16.0. The van der Waals surface area contributed by atoms with E-state index in [1.54, 1.807) is 12.1 Å². The SMILES string of the molecule is O=C(/C=C/c1ccc(O)cc1)OC[C@@H]1O[C@H](Oc2cc(O)c3c(=O)cc(-c4ccc(O)cc4)oc3c2)[C@@H](OC(=O)/C=C/c2ccc(O)cc2)[C@H](O)[C@H]1O. The minimum atomic E-state index is -1.84. The van der Waals surface area contributed by atoms with Crippen LogP contribution in [0.15, 0.2) is 112 Å². The van der Waals surface area contributed by atoms with Crippen LogP contribution in [0, 0.1) is 0 Å². The lowest BCUT2D eigenvalue weighted by molar-refractivity contribution is -0.281. The molecule has 272 valence electrons. The molecule has 0 saturated carbocycles. The number of hydrogen-bond acceptors (Lipinski definition) is 14. The molecule has 53 heavy (non-hydrogen) atoms. The number of esters is 2. The van der Waals surface area contributed by atoms with Gasteiger partial charge in [-0.15, -0.1) is 0 Å². The average molecular weight is 725 g/mol. The minimum absolute atomic E-state index is 0.00489. The molecule has 6 N–H and O–H groups in total. The number of carbonyl (C=O) groups excluding carboxylic acids is 2. The standard InChI is InChI=1S/C39H32O14/c40-24-9-1-21(2-10-24)5-15-33(45)49-20-32-36(47)37(48)38(53-34(46)16-6-22-3-11-25(41)12-4-22)39(52-32)50-27-17-28(43)35-29(44)19-30(51-31(35)18-27)23-7-13-26(42)14-8-23/h1-19,32,36-43,47-48H,20H2/b15-5+,16-6+/t32-,36-,37+,38-,39-/m0/s1. The van der Waals surface area contributed by atoms with E-state index in [-0.39, 0.29) is 39.7 Å². The molecular formula is C39H32O14. The van der Waals surface area contributed by atoms with Gasteiger partial charge in [-0.25, -0.2) is 9.59 Å². The first kappa shape index (κ1) is 36.2. The Morgan fingerprint density at radius 1 is 0.717 bits per heavy atom. The van der Waals surface area contributed by atoms with E-state index in [9.17, 15) is 45.0 Å². The predicted octanol–water partition coefficient (Wildman–Crippen LogP) is 3.99. The van der Waals surface area contributed by atoms with E-state index >= 15 is 0 Å². The van der Waals surface area contributed by atoms with E-state index in [4.69, 9.17) is 23.4 Å². The molecule has 5 atom stereocenters. The van der Waals surface area contributed by atoms with Crippen molar-refractivity contribution in [1.82, 2.24) is 0 Å². The highest BCUT2D eigenvalue weighted by Crippen LogP contribution is 2.34. The van der Waals surface area contributed by atoms with Gasteiger partial charge < -0.3 is 54.0 Å². The molecule has 1 fully saturated rings. The molecule has 6 rings (SSSR count). The molecule has 14 heteroatoms. The van der Waals surface area contributed by atoms with Crippen molar-refractivity contribution in [2.75, 3.05) is 6.61 Å². The van der Waals surface area contributed by atoms with Gasteiger partial charge in [-0.1, -0.05) is 24.3 Å². The molecule has 0 radical (unpaired) electrons. The van der Waals surface area contributed by atoms with Gasteiger partial charge in [0.15, 0.2) is 11.5 Å². The molecule has 1 aliphatic heterocycles. The summed E-state index contributed by atoms with van der Waals surface area (Å²) < 4.78 is 28.4. The number of rotatable bonds is 10. The summed E-state index contributed by atoms with van der Waals surface area (Å²) in [5.41, 5.74) is 0.881. The Morgan fingerprint density at radius 3 is 1.89 bits per heavy atom. The number of hydrogen-bond donors (Lipinski definition) is 6. The summed E-state index contributed by atoms with van der Waals surface area (Å²) in [5.74, 6) is -2.32. The molecule has 5 aromatic rings. The highest BCUT2D eigenvalue weighted by Gasteiger charge is 2.48. The van der Waals surface area contributed by atoms with E-state index in [1.165, 1.54) is 84.9 Å². The van der Waals surface area contributed by atoms with Crippen molar-refractivity contribution in [1.29, 1.82) is 0 Å². The maximum atomic E-state index is 13.0. The summed E-state index contributed by atoms with van der Waals surface area (Å²) in [6, 6.07) is 21.2. The first-order valence-electron chi connectivity index (χ1n) is 16.0. The summed E-state index contributed by atoms with van der Waals surface area (Å²) in [6.45, 7) is -0.577. The molecule has 0 spiro atoms. The van der Waals surface area contributed by atoms with Crippen molar-refractivity contribution in [2.45, 2.75) is 30.7 Å². The van der Waals surface area contributed by atoms with Crippen LogP contribution in [0.1, 0.15) is 11.1 Å². The Balaban J connectivity index is 1.25. The molecule has 0 aliphatic carbocycles. The smallest absolute Gasteiger partial charge is 0.331 e. The van der Waals surface area contributed by atoms with Gasteiger partial charge in [0.25, 0.3) is 0 Å². The molecule has 14 nitrogen and oxygen atoms in total. The lowest BCUT2D eigenvalue weighted by Crippen LogP contribution is -2.61. The van der Waals surface area contributed by atoms with E-state index in [0.717, 1.165) is 18.2 Å². The van der Waals surface area contributed by atoms with Crippen molar-refractivity contribution in [3.05, 3.63) is 124 Å². The number of fused-ring (bicyclic) bond motifs is 1. The number of aromatic hydroxyl groups is 4. The van der Waals surface area contributed by atoms with E-state index in [2.05, 4.69) is 0 Å². The first-order chi connectivity index (χ1) is 25.4. The Kier molecular flexibility index (Phi) is 10.7. The van der Waals surface area contributed by atoms with Crippen molar-refractivity contribution in [2.24, 2.45) is 0 Å². The van der Waals surface area contributed by atoms with Crippen LogP contribution in [-0.2, 0) is 23.8 Å². The second-order valence-corrected chi connectivity index (χ2v) is 11.9. The molecule has 2 heterocycles. The lowest BCUT2D eigenvalue weighted by Gasteiger charge is -2.41. The van der Waals surface area contributed by atoms with Gasteiger partial charge >= 0.3 is 11.9 Å². The maximum absolute atomic E-state index is 13.0. The second-order valence-electron chi connectivity index (χ2n) is 11.9. The van der Waals surface area contributed by atoms with Gasteiger partial charge in [0.05, 0.1) is 0 Å². The number of ether oxygens (including phenoxy) is 4. The number of benzene rings is 4. The number of aliphatic hydroxyl groups excluding tert-OH is 2. The maximum Gasteiger partial charge on any atom is 0.331 e. The largest absolute Gasteiger partial charge is 0.508 e. The zero-order chi connectivity index (χ0) is 37.6. The third-order valence-corrected chi connectivity index (χ3v) is 8.08. The molecule has 0 amide bonds. The van der Waals surface area contributed by atoms with E-state index < -0.39 is 60.4 Å². The molecule has 1 aliphatic rings. The quantitative estimate of drug-likeness (QED) is 0.0886.